The van der Waals surface area contributed by atoms with Crippen LogP contribution in [0.15, 0.2) is 12.1 Å². The molecule has 0 aliphatic carbocycles. The first-order valence-corrected chi connectivity index (χ1v) is 8.39. The van der Waals surface area contributed by atoms with Crippen LogP contribution in [-0.4, -0.2) is 24.2 Å². The first-order chi connectivity index (χ1) is 10.9. The number of hydrogen-bond donors (Lipinski definition) is 2. The van der Waals surface area contributed by atoms with Crippen molar-refractivity contribution in [3.8, 4) is 11.5 Å². The van der Waals surface area contributed by atoms with Crippen molar-refractivity contribution in [1.29, 1.82) is 0 Å². The summed E-state index contributed by atoms with van der Waals surface area (Å²) in [5, 5.41) is 2.93. The zero-order valence-electron chi connectivity index (χ0n) is 14.6. The number of rotatable bonds is 7. The molecule has 1 aromatic carbocycles. The zero-order chi connectivity index (χ0) is 17.0. The number of amides is 1. The summed E-state index contributed by atoms with van der Waals surface area (Å²) in [6.07, 6.45) is 2.59. The van der Waals surface area contributed by atoms with Gasteiger partial charge >= 0.3 is 0 Å². The lowest BCUT2D eigenvalue weighted by molar-refractivity contribution is -0.126. The lowest BCUT2D eigenvalue weighted by Crippen LogP contribution is -2.51. The largest absolute Gasteiger partial charge is 0.494 e. The number of carbonyl (C=O) groups is 1. The maximum atomic E-state index is 12.3. The first-order valence-electron chi connectivity index (χ1n) is 8.39. The smallest absolute Gasteiger partial charge is 0.240 e. The van der Waals surface area contributed by atoms with E-state index in [1.165, 1.54) is 0 Å². The standard InChI is InChI=1S/C18H28N2O3/c1-5-7-18(4,19)17(21)20-11-14-10-16-13(8-12(3)23-16)9-15(14)22-6-2/h9-10,12H,5-8,11,19H2,1-4H3,(H,20,21). The van der Waals surface area contributed by atoms with Crippen molar-refractivity contribution >= 4 is 5.91 Å². The summed E-state index contributed by atoms with van der Waals surface area (Å²) in [6, 6.07) is 4.00. The second kappa shape index (κ2) is 7.21. The fraction of sp³-hybridized carbons (Fsp3) is 0.611. The quantitative estimate of drug-likeness (QED) is 0.810. The van der Waals surface area contributed by atoms with Crippen LogP contribution in [0, 0.1) is 0 Å². The van der Waals surface area contributed by atoms with Crippen molar-refractivity contribution in [2.45, 2.75) is 65.1 Å². The molecule has 5 nitrogen and oxygen atoms in total. The van der Waals surface area contributed by atoms with Crippen molar-refractivity contribution in [2.24, 2.45) is 5.73 Å². The highest BCUT2D eigenvalue weighted by molar-refractivity contribution is 5.85. The summed E-state index contributed by atoms with van der Waals surface area (Å²) in [7, 11) is 0. The van der Waals surface area contributed by atoms with Crippen LogP contribution in [0.2, 0.25) is 0 Å². The van der Waals surface area contributed by atoms with Crippen molar-refractivity contribution < 1.29 is 14.3 Å². The highest BCUT2D eigenvalue weighted by Crippen LogP contribution is 2.35. The van der Waals surface area contributed by atoms with Gasteiger partial charge in [-0.05, 0) is 39.3 Å². The summed E-state index contributed by atoms with van der Waals surface area (Å²) in [5.74, 6) is 1.55. The second-order valence-electron chi connectivity index (χ2n) is 6.48. The van der Waals surface area contributed by atoms with Crippen molar-refractivity contribution in [3.05, 3.63) is 23.3 Å². The molecule has 3 N–H and O–H groups in total. The van der Waals surface area contributed by atoms with Gasteiger partial charge in [0.2, 0.25) is 5.91 Å². The Labute approximate surface area is 138 Å². The molecular weight excluding hydrogens is 292 g/mol. The molecule has 0 aromatic heterocycles. The third kappa shape index (κ3) is 4.16. The average molecular weight is 320 g/mol. The monoisotopic (exact) mass is 320 g/mol. The van der Waals surface area contributed by atoms with Crippen LogP contribution in [0.1, 0.15) is 51.7 Å². The van der Waals surface area contributed by atoms with Crippen molar-refractivity contribution in [3.63, 3.8) is 0 Å². The molecule has 23 heavy (non-hydrogen) atoms. The second-order valence-corrected chi connectivity index (χ2v) is 6.48. The van der Waals surface area contributed by atoms with E-state index in [0.717, 1.165) is 35.5 Å². The lowest BCUT2D eigenvalue weighted by Gasteiger charge is -2.23. The van der Waals surface area contributed by atoms with E-state index in [1.807, 2.05) is 32.9 Å². The van der Waals surface area contributed by atoms with Gasteiger partial charge in [-0.25, -0.2) is 0 Å². The third-order valence-electron chi connectivity index (χ3n) is 4.11. The fourth-order valence-electron chi connectivity index (χ4n) is 2.92. The summed E-state index contributed by atoms with van der Waals surface area (Å²) in [5.41, 5.74) is 7.30. The molecule has 5 heteroatoms. The Bertz CT molecular complexity index is 570. The number of fused-ring (bicyclic) bond motifs is 1. The number of benzene rings is 1. The maximum absolute atomic E-state index is 12.3. The molecule has 1 amide bonds. The molecule has 0 spiro atoms. The van der Waals surface area contributed by atoms with E-state index in [1.54, 1.807) is 6.92 Å². The van der Waals surface area contributed by atoms with Crippen LogP contribution in [0.5, 0.6) is 11.5 Å². The highest BCUT2D eigenvalue weighted by atomic mass is 16.5. The van der Waals surface area contributed by atoms with Gasteiger partial charge in [0.05, 0.1) is 12.1 Å². The summed E-state index contributed by atoms with van der Waals surface area (Å²) in [6.45, 7) is 8.75. The Morgan fingerprint density at radius 2 is 2.22 bits per heavy atom. The molecule has 0 bridgehead atoms. The first kappa shape index (κ1) is 17.6. The Morgan fingerprint density at radius 1 is 1.48 bits per heavy atom. The molecule has 128 valence electrons. The van der Waals surface area contributed by atoms with Gasteiger partial charge in [0.25, 0.3) is 0 Å². The van der Waals surface area contributed by atoms with Crippen LogP contribution < -0.4 is 20.5 Å². The molecule has 0 saturated heterocycles. The Hall–Kier alpha value is -1.75. The minimum Gasteiger partial charge on any atom is -0.494 e. The topological polar surface area (TPSA) is 73.6 Å². The SMILES string of the molecule is CCCC(C)(N)C(=O)NCc1cc2c(cc1OCC)CC(C)O2. The summed E-state index contributed by atoms with van der Waals surface area (Å²) in [4.78, 5) is 12.3. The molecule has 2 unspecified atom stereocenters. The van der Waals surface area contributed by atoms with Gasteiger partial charge in [-0.1, -0.05) is 13.3 Å². The predicted octanol–water partition coefficient (Wildman–Crippen LogP) is 2.54. The number of nitrogens with two attached hydrogens (primary N) is 1. The zero-order valence-corrected chi connectivity index (χ0v) is 14.6. The van der Waals surface area contributed by atoms with Gasteiger partial charge in [0.15, 0.2) is 0 Å². The lowest BCUT2D eigenvalue weighted by atomic mass is 9.96. The number of hydrogen-bond acceptors (Lipinski definition) is 4. The number of carbonyl (C=O) groups excluding carboxylic acids is 1. The summed E-state index contributed by atoms with van der Waals surface area (Å²) >= 11 is 0. The van der Waals surface area contributed by atoms with Crippen LogP contribution in [0.3, 0.4) is 0 Å². The number of nitrogens with one attached hydrogen (secondary N) is 1. The number of ether oxygens (including phenoxy) is 2. The van der Waals surface area contributed by atoms with Gasteiger partial charge in [-0.3, -0.25) is 4.79 Å². The maximum Gasteiger partial charge on any atom is 0.240 e. The van der Waals surface area contributed by atoms with E-state index in [4.69, 9.17) is 15.2 Å². The van der Waals surface area contributed by atoms with Crippen molar-refractivity contribution in [2.75, 3.05) is 6.61 Å². The van der Waals surface area contributed by atoms with Gasteiger partial charge in [0, 0.05) is 24.1 Å². The molecule has 1 heterocycles. The Kier molecular flexibility index (Phi) is 5.52. The van der Waals surface area contributed by atoms with Crippen LogP contribution >= 0.6 is 0 Å². The molecule has 2 rings (SSSR count). The third-order valence-corrected chi connectivity index (χ3v) is 4.11. The van der Waals surface area contributed by atoms with E-state index < -0.39 is 5.54 Å². The van der Waals surface area contributed by atoms with E-state index in [-0.39, 0.29) is 12.0 Å². The Balaban J connectivity index is 2.13. The average Bonchev–Trinajstić information content (AvgIpc) is 2.83. The van der Waals surface area contributed by atoms with Crippen molar-refractivity contribution in [1.82, 2.24) is 5.32 Å². The highest BCUT2D eigenvalue weighted by Gasteiger charge is 2.27. The molecule has 1 aliphatic rings. The fourth-order valence-corrected chi connectivity index (χ4v) is 2.92. The van der Waals surface area contributed by atoms with Crippen LogP contribution in [0.25, 0.3) is 0 Å². The predicted molar refractivity (Wildman–Crippen MR) is 90.8 cm³/mol. The van der Waals surface area contributed by atoms with Gasteiger partial charge in [-0.2, -0.15) is 0 Å². The van der Waals surface area contributed by atoms with E-state index in [9.17, 15) is 4.79 Å². The minimum atomic E-state index is -0.845. The van der Waals surface area contributed by atoms with Crippen LogP contribution in [0.4, 0.5) is 0 Å². The van der Waals surface area contributed by atoms with Gasteiger partial charge in [0.1, 0.15) is 17.6 Å². The van der Waals surface area contributed by atoms with E-state index in [0.29, 0.717) is 19.6 Å². The normalized spacial score (nSPS) is 18.7. The van der Waals surface area contributed by atoms with Crippen LogP contribution in [-0.2, 0) is 17.8 Å². The Morgan fingerprint density at radius 3 is 2.87 bits per heavy atom. The van der Waals surface area contributed by atoms with E-state index >= 15 is 0 Å². The molecule has 2 atom stereocenters. The summed E-state index contributed by atoms with van der Waals surface area (Å²) < 4.78 is 11.5. The van der Waals surface area contributed by atoms with Gasteiger partial charge in [-0.15, -0.1) is 0 Å². The molecule has 0 saturated carbocycles. The molecule has 0 radical (unpaired) electrons. The minimum absolute atomic E-state index is 0.142. The molecule has 1 aromatic rings. The van der Waals surface area contributed by atoms with Gasteiger partial charge < -0.3 is 20.5 Å². The van der Waals surface area contributed by atoms with E-state index in [2.05, 4.69) is 5.32 Å². The molecule has 1 aliphatic heterocycles. The molecule has 0 fully saturated rings. The molecular formula is C18H28N2O3.